The standard InChI is InChI=1S/C37H62N4O4S/c1-33(2,3)25-21-24(45-31(44)34(4,5)6)20-23(28(25)42)22-38-26-18-16-17-19-27(26)39-32(46)40-29(30(43)41(14)15)37(13,35(7,8)9)36(10,11)12/h20-22,26-27,29,42H,16-19H2,1-15H3,(H2,39,40,46)/t26-,27-,29-/m1/s1. The van der Waals surface area contributed by atoms with Crippen LogP contribution in [0.1, 0.15) is 127 Å². The van der Waals surface area contributed by atoms with Crippen LogP contribution in [0.25, 0.3) is 0 Å². The number of phenols is 1. The molecule has 1 aromatic rings. The zero-order valence-electron chi connectivity index (χ0n) is 31.3. The minimum atomic E-state index is -0.672. The molecule has 1 aliphatic carbocycles. The third-order valence-electron chi connectivity index (χ3n) is 9.85. The normalized spacial score (nSPS) is 19.0. The van der Waals surface area contributed by atoms with E-state index in [4.69, 9.17) is 21.9 Å². The first-order valence-electron chi connectivity index (χ1n) is 16.6. The van der Waals surface area contributed by atoms with Gasteiger partial charge >= 0.3 is 5.97 Å². The number of nitrogens with zero attached hydrogens (tertiary/aromatic N) is 2. The summed E-state index contributed by atoms with van der Waals surface area (Å²) in [6.45, 7) is 26.7. The Balaban J connectivity index is 2.43. The molecule has 0 spiro atoms. The second kappa shape index (κ2) is 14.2. The fraction of sp³-hybridized carbons (Fsp3) is 0.730. The third-order valence-corrected chi connectivity index (χ3v) is 10.1. The summed E-state index contributed by atoms with van der Waals surface area (Å²) in [5.74, 6) is 0.133. The minimum absolute atomic E-state index is 0.0214. The molecule has 1 fully saturated rings. The largest absolute Gasteiger partial charge is 0.507 e. The van der Waals surface area contributed by atoms with Crippen LogP contribution >= 0.6 is 12.2 Å². The number of rotatable bonds is 7. The quantitative estimate of drug-likeness (QED) is 0.122. The number of hydrogen-bond acceptors (Lipinski definition) is 6. The number of esters is 1. The Morgan fingerprint density at radius 2 is 1.50 bits per heavy atom. The fourth-order valence-electron chi connectivity index (χ4n) is 6.30. The van der Waals surface area contributed by atoms with Crippen molar-refractivity contribution in [3.05, 3.63) is 23.3 Å². The maximum Gasteiger partial charge on any atom is 0.316 e. The molecule has 3 N–H and O–H groups in total. The van der Waals surface area contributed by atoms with Crippen molar-refractivity contribution in [2.45, 2.75) is 139 Å². The van der Waals surface area contributed by atoms with Crippen molar-refractivity contribution in [2.24, 2.45) is 26.7 Å². The summed E-state index contributed by atoms with van der Waals surface area (Å²) in [4.78, 5) is 33.0. The molecule has 0 bridgehead atoms. The summed E-state index contributed by atoms with van der Waals surface area (Å²) in [5.41, 5.74) is -0.780. The van der Waals surface area contributed by atoms with Crippen LogP contribution in [-0.2, 0) is 15.0 Å². The van der Waals surface area contributed by atoms with Crippen LogP contribution in [0, 0.1) is 21.7 Å². The number of aromatic hydroxyl groups is 1. The van der Waals surface area contributed by atoms with Crippen molar-refractivity contribution in [1.82, 2.24) is 15.5 Å². The number of carbonyl (C=O) groups excluding carboxylic acids is 2. The maximum atomic E-state index is 13.7. The second-order valence-corrected chi connectivity index (χ2v) is 17.9. The summed E-state index contributed by atoms with van der Waals surface area (Å²) in [5, 5.41) is 18.7. The van der Waals surface area contributed by atoms with E-state index in [0.29, 0.717) is 22.0 Å². The lowest BCUT2D eigenvalue weighted by Crippen LogP contribution is -2.65. The van der Waals surface area contributed by atoms with Crippen molar-refractivity contribution < 1.29 is 19.4 Å². The Hall–Kier alpha value is -2.68. The molecule has 2 rings (SSSR count). The molecule has 1 saturated carbocycles. The van der Waals surface area contributed by atoms with E-state index < -0.39 is 22.3 Å². The summed E-state index contributed by atoms with van der Waals surface area (Å²) >= 11 is 5.89. The zero-order chi connectivity index (χ0) is 35.6. The molecule has 46 heavy (non-hydrogen) atoms. The van der Waals surface area contributed by atoms with E-state index in [2.05, 4.69) is 59.1 Å². The Kier molecular flexibility index (Phi) is 12.2. The molecule has 0 unspecified atom stereocenters. The first-order chi connectivity index (χ1) is 20.7. The van der Waals surface area contributed by atoms with E-state index in [1.807, 2.05) is 41.5 Å². The average molecular weight is 659 g/mol. The van der Waals surface area contributed by atoms with E-state index in [1.54, 1.807) is 37.3 Å². The smallest absolute Gasteiger partial charge is 0.316 e. The van der Waals surface area contributed by atoms with Crippen molar-refractivity contribution in [3.8, 4) is 11.5 Å². The second-order valence-electron chi connectivity index (χ2n) is 17.5. The molecule has 1 aliphatic rings. The highest BCUT2D eigenvalue weighted by Crippen LogP contribution is 2.54. The predicted molar refractivity (Wildman–Crippen MR) is 194 cm³/mol. The number of ether oxygens (including phenoxy) is 1. The fourth-order valence-corrected chi connectivity index (χ4v) is 6.57. The molecule has 8 nitrogen and oxygen atoms in total. The summed E-state index contributed by atoms with van der Waals surface area (Å²) in [7, 11) is 3.56. The number of amides is 1. The summed E-state index contributed by atoms with van der Waals surface area (Å²) in [6, 6.07) is 2.69. The van der Waals surface area contributed by atoms with Crippen molar-refractivity contribution in [2.75, 3.05) is 14.1 Å². The number of nitrogens with one attached hydrogen (secondary N) is 2. The van der Waals surface area contributed by atoms with Crippen molar-refractivity contribution >= 4 is 35.4 Å². The van der Waals surface area contributed by atoms with E-state index in [1.165, 1.54) is 0 Å². The van der Waals surface area contributed by atoms with Gasteiger partial charge in [0.15, 0.2) is 5.11 Å². The molecular formula is C37H62N4O4S. The Morgan fingerprint density at radius 3 is 1.98 bits per heavy atom. The summed E-state index contributed by atoms with van der Waals surface area (Å²) < 4.78 is 5.74. The van der Waals surface area contributed by atoms with E-state index in [9.17, 15) is 14.7 Å². The highest BCUT2D eigenvalue weighted by Gasteiger charge is 2.55. The number of phenolic OH excluding ortho intramolecular Hbond substituents is 1. The van der Waals surface area contributed by atoms with Gasteiger partial charge in [-0.3, -0.25) is 14.6 Å². The van der Waals surface area contributed by atoms with Gasteiger partial charge in [0.25, 0.3) is 0 Å². The van der Waals surface area contributed by atoms with Gasteiger partial charge in [0.1, 0.15) is 17.5 Å². The van der Waals surface area contributed by atoms with Gasteiger partial charge in [-0.25, -0.2) is 0 Å². The number of thiocarbonyl (C=S) groups is 1. The van der Waals surface area contributed by atoms with Gasteiger partial charge in [0, 0.05) is 36.9 Å². The number of benzene rings is 1. The highest BCUT2D eigenvalue weighted by molar-refractivity contribution is 7.80. The van der Waals surface area contributed by atoms with Crippen molar-refractivity contribution in [3.63, 3.8) is 0 Å². The number of aliphatic imine (C=N–C) groups is 1. The van der Waals surface area contributed by atoms with Gasteiger partial charge in [-0.1, -0.05) is 82.1 Å². The molecule has 0 aliphatic heterocycles. The molecule has 0 heterocycles. The van der Waals surface area contributed by atoms with E-state index in [-0.39, 0.29) is 40.5 Å². The van der Waals surface area contributed by atoms with Gasteiger partial charge in [0.2, 0.25) is 5.91 Å². The van der Waals surface area contributed by atoms with E-state index in [0.717, 1.165) is 25.7 Å². The molecule has 1 aromatic carbocycles. The molecule has 260 valence electrons. The first-order valence-corrected chi connectivity index (χ1v) is 17.0. The molecule has 0 radical (unpaired) electrons. The Labute approximate surface area is 284 Å². The molecule has 0 saturated heterocycles. The van der Waals surface area contributed by atoms with E-state index >= 15 is 0 Å². The van der Waals surface area contributed by atoms with Gasteiger partial charge in [0.05, 0.1) is 17.5 Å². The lowest BCUT2D eigenvalue weighted by molar-refractivity contribution is -0.143. The van der Waals surface area contributed by atoms with Crippen LogP contribution in [0.2, 0.25) is 0 Å². The summed E-state index contributed by atoms with van der Waals surface area (Å²) in [6.07, 6.45) is 5.47. The molecule has 3 atom stereocenters. The van der Waals surface area contributed by atoms with Gasteiger partial charge in [-0.05, 0) is 74.2 Å². The van der Waals surface area contributed by atoms with Crippen molar-refractivity contribution in [1.29, 1.82) is 0 Å². The van der Waals surface area contributed by atoms with Gasteiger partial charge < -0.3 is 25.4 Å². The number of likely N-dealkylation sites (N-methyl/N-ethyl adjacent to an activating group) is 1. The number of hydrogen-bond donors (Lipinski definition) is 3. The van der Waals surface area contributed by atoms with Crippen LogP contribution in [0.15, 0.2) is 17.1 Å². The third kappa shape index (κ3) is 9.23. The maximum absolute atomic E-state index is 13.7. The lowest BCUT2D eigenvalue weighted by atomic mass is 9.51. The van der Waals surface area contributed by atoms with Crippen LogP contribution in [0.5, 0.6) is 11.5 Å². The first kappa shape index (κ1) is 39.5. The Bertz CT molecular complexity index is 1280. The van der Waals surface area contributed by atoms with Crippen LogP contribution in [0.3, 0.4) is 0 Å². The average Bonchev–Trinajstić information content (AvgIpc) is 2.89. The Morgan fingerprint density at radius 1 is 0.957 bits per heavy atom. The van der Waals surface area contributed by atoms with Crippen LogP contribution in [-0.4, -0.2) is 65.4 Å². The van der Waals surface area contributed by atoms with Gasteiger partial charge in [-0.2, -0.15) is 0 Å². The molecular weight excluding hydrogens is 596 g/mol. The number of carbonyl (C=O) groups is 2. The minimum Gasteiger partial charge on any atom is -0.507 e. The highest BCUT2D eigenvalue weighted by atomic mass is 32.1. The molecule has 1 amide bonds. The predicted octanol–water partition coefficient (Wildman–Crippen LogP) is 7.39. The lowest BCUT2D eigenvalue weighted by Gasteiger charge is -2.55. The zero-order valence-corrected chi connectivity index (χ0v) is 32.1. The SMILES string of the molecule is CN(C)C(=O)[C@@H](NC(=S)N[C@@H]1CCCC[C@H]1N=Cc1cc(OC(=O)C(C)(C)C)cc(C(C)(C)C)c1O)C(C)(C(C)(C)C)C(C)(C)C. The van der Waals surface area contributed by atoms with Crippen LogP contribution < -0.4 is 15.4 Å². The molecule has 0 aromatic heterocycles. The monoisotopic (exact) mass is 658 g/mol. The topological polar surface area (TPSA) is 103 Å². The molecule has 9 heteroatoms. The van der Waals surface area contributed by atoms with Crippen LogP contribution in [0.4, 0.5) is 0 Å². The van der Waals surface area contributed by atoms with Gasteiger partial charge in [-0.15, -0.1) is 0 Å².